The Morgan fingerprint density at radius 3 is 2.42 bits per heavy atom. The van der Waals surface area contributed by atoms with Crippen molar-refractivity contribution in [2.24, 2.45) is 5.92 Å². The van der Waals surface area contributed by atoms with Crippen LogP contribution in [0, 0.1) is 17.6 Å². The maximum absolute atomic E-state index is 13.4. The van der Waals surface area contributed by atoms with Gasteiger partial charge in [-0.15, -0.1) is 0 Å². The molecule has 2 fully saturated rings. The number of benzene rings is 1. The molecule has 1 aromatic rings. The minimum Gasteiger partial charge on any atom is -0.481 e. The highest BCUT2D eigenvalue weighted by atomic mass is 19.2. The molecular formula is C18H22F2N2O4. The Labute approximate surface area is 149 Å². The van der Waals surface area contributed by atoms with Crippen molar-refractivity contribution in [1.29, 1.82) is 0 Å². The summed E-state index contributed by atoms with van der Waals surface area (Å²) in [5.41, 5.74) is 0.480. The number of hydrogen-bond acceptors (Lipinski definition) is 3. The third kappa shape index (κ3) is 4.30. The molecule has 0 aromatic heterocycles. The van der Waals surface area contributed by atoms with Gasteiger partial charge in [-0.3, -0.25) is 4.79 Å². The minimum absolute atomic E-state index is 0.0605. The minimum atomic E-state index is -0.948. The Morgan fingerprint density at radius 2 is 1.77 bits per heavy atom. The van der Waals surface area contributed by atoms with Crippen molar-refractivity contribution in [3.8, 4) is 0 Å². The molecule has 6 nitrogen and oxygen atoms in total. The molecule has 8 heteroatoms. The van der Waals surface area contributed by atoms with Gasteiger partial charge < -0.3 is 20.5 Å². The largest absolute Gasteiger partial charge is 0.481 e. The van der Waals surface area contributed by atoms with Gasteiger partial charge in [0.25, 0.3) is 0 Å². The highest BCUT2D eigenvalue weighted by Crippen LogP contribution is 2.30. The highest BCUT2D eigenvalue weighted by molar-refractivity contribution is 5.75. The van der Waals surface area contributed by atoms with Gasteiger partial charge in [0.1, 0.15) is 6.10 Å². The third-order valence-electron chi connectivity index (χ3n) is 5.09. The molecule has 0 radical (unpaired) electrons. The van der Waals surface area contributed by atoms with E-state index in [-0.39, 0.29) is 24.0 Å². The van der Waals surface area contributed by atoms with Crippen LogP contribution in [0.5, 0.6) is 0 Å². The zero-order valence-electron chi connectivity index (χ0n) is 14.2. The topological polar surface area (TPSA) is 87.7 Å². The molecule has 2 unspecified atom stereocenters. The molecule has 3 N–H and O–H groups in total. The molecule has 0 spiro atoms. The number of nitrogens with one attached hydrogen (secondary N) is 2. The number of carboxylic acid groups (broad SMARTS) is 1. The van der Waals surface area contributed by atoms with Gasteiger partial charge in [0.15, 0.2) is 11.6 Å². The van der Waals surface area contributed by atoms with E-state index in [1.165, 1.54) is 6.07 Å². The fourth-order valence-corrected chi connectivity index (χ4v) is 3.64. The van der Waals surface area contributed by atoms with Crippen LogP contribution in [0.15, 0.2) is 18.2 Å². The Balaban J connectivity index is 1.53. The van der Waals surface area contributed by atoms with E-state index in [9.17, 15) is 18.4 Å². The van der Waals surface area contributed by atoms with E-state index in [0.717, 1.165) is 12.1 Å². The van der Waals surface area contributed by atoms with Gasteiger partial charge in [0.2, 0.25) is 0 Å². The number of amides is 2. The summed E-state index contributed by atoms with van der Waals surface area (Å²) in [7, 11) is 0. The molecule has 2 atom stereocenters. The van der Waals surface area contributed by atoms with Crippen molar-refractivity contribution in [2.45, 2.75) is 50.3 Å². The van der Waals surface area contributed by atoms with Crippen LogP contribution in [0.3, 0.4) is 0 Å². The Kier molecular flexibility index (Phi) is 5.70. The molecule has 0 bridgehead atoms. The van der Waals surface area contributed by atoms with Crippen LogP contribution in [0.4, 0.5) is 13.6 Å². The predicted molar refractivity (Wildman–Crippen MR) is 88.5 cm³/mol. The first-order chi connectivity index (χ1) is 12.4. The van der Waals surface area contributed by atoms with E-state index in [0.29, 0.717) is 44.3 Å². The van der Waals surface area contributed by atoms with E-state index < -0.39 is 23.7 Å². The normalized spacial score (nSPS) is 28.5. The SMILES string of the molecule is O=C(NC1CCC(C(=O)O)CC1)NC1CCOC1c1ccc(F)c(F)c1. The first-order valence-electron chi connectivity index (χ1n) is 8.80. The number of urea groups is 1. The number of aliphatic carboxylic acids is 1. The zero-order valence-corrected chi connectivity index (χ0v) is 14.2. The summed E-state index contributed by atoms with van der Waals surface area (Å²) in [5.74, 6) is -3.00. The van der Waals surface area contributed by atoms with Crippen molar-refractivity contribution in [1.82, 2.24) is 10.6 Å². The van der Waals surface area contributed by atoms with Gasteiger partial charge in [-0.25, -0.2) is 13.6 Å². The summed E-state index contributed by atoms with van der Waals surface area (Å²) in [6, 6.07) is 2.83. The Bertz CT molecular complexity index is 677. The third-order valence-corrected chi connectivity index (χ3v) is 5.09. The smallest absolute Gasteiger partial charge is 0.315 e. The fourth-order valence-electron chi connectivity index (χ4n) is 3.64. The Hall–Kier alpha value is -2.22. The van der Waals surface area contributed by atoms with Crippen molar-refractivity contribution >= 4 is 12.0 Å². The molecule has 1 heterocycles. The van der Waals surface area contributed by atoms with Gasteiger partial charge in [0, 0.05) is 12.6 Å². The molecule has 1 aliphatic carbocycles. The van der Waals surface area contributed by atoms with Gasteiger partial charge in [-0.05, 0) is 49.8 Å². The molecule has 1 aliphatic heterocycles. The standard InChI is InChI=1S/C18H22F2N2O4/c19-13-6-3-11(9-14(13)20)16-15(7-8-26-16)22-18(25)21-12-4-1-10(2-5-12)17(23)24/h3,6,9-10,12,15-16H,1-2,4-5,7-8H2,(H,23,24)(H2,21,22,25). The van der Waals surface area contributed by atoms with E-state index in [1.807, 2.05) is 0 Å². The summed E-state index contributed by atoms with van der Waals surface area (Å²) in [4.78, 5) is 23.2. The molecule has 3 rings (SSSR count). The van der Waals surface area contributed by atoms with Crippen molar-refractivity contribution in [3.63, 3.8) is 0 Å². The number of rotatable bonds is 4. The maximum Gasteiger partial charge on any atom is 0.315 e. The molecule has 1 saturated heterocycles. The first-order valence-corrected chi connectivity index (χ1v) is 8.80. The lowest BCUT2D eigenvalue weighted by atomic mass is 9.86. The summed E-state index contributed by atoms with van der Waals surface area (Å²) >= 11 is 0. The van der Waals surface area contributed by atoms with Crippen LogP contribution < -0.4 is 10.6 Å². The second kappa shape index (κ2) is 7.99. The average molecular weight is 368 g/mol. The van der Waals surface area contributed by atoms with Crippen LogP contribution in [-0.4, -0.2) is 35.8 Å². The lowest BCUT2D eigenvalue weighted by molar-refractivity contribution is -0.142. The Morgan fingerprint density at radius 1 is 1.04 bits per heavy atom. The monoisotopic (exact) mass is 368 g/mol. The zero-order chi connectivity index (χ0) is 18.7. The molecule has 1 aromatic carbocycles. The predicted octanol–water partition coefficient (Wildman–Crippen LogP) is 2.74. The second-order valence-electron chi connectivity index (χ2n) is 6.86. The van der Waals surface area contributed by atoms with E-state index in [4.69, 9.17) is 9.84 Å². The van der Waals surface area contributed by atoms with Crippen LogP contribution in [0.1, 0.15) is 43.8 Å². The summed E-state index contributed by atoms with van der Waals surface area (Å²) in [5, 5.41) is 14.7. The van der Waals surface area contributed by atoms with Crippen LogP contribution >= 0.6 is 0 Å². The number of carbonyl (C=O) groups excluding carboxylic acids is 1. The van der Waals surface area contributed by atoms with Gasteiger partial charge in [0.05, 0.1) is 12.0 Å². The summed E-state index contributed by atoms with van der Waals surface area (Å²) in [6.07, 6.45) is 2.38. The van der Waals surface area contributed by atoms with Crippen LogP contribution in [-0.2, 0) is 9.53 Å². The average Bonchev–Trinajstić information content (AvgIpc) is 3.05. The molecule has 2 aliphatic rings. The maximum atomic E-state index is 13.4. The molecule has 142 valence electrons. The first kappa shape index (κ1) is 18.6. The van der Waals surface area contributed by atoms with Gasteiger partial charge in [-0.2, -0.15) is 0 Å². The number of hydrogen-bond donors (Lipinski definition) is 3. The van der Waals surface area contributed by atoms with Gasteiger partial charge >= 0.3 is 12.0 Å². The molecular weight excluding hydrogens is 346 g/mol. The van der Waals surface area contributed by atoms with Crippen molar-refractivity contribution in [3.05, 3.63) is 35.4 Å². The molecule has 26 heavy (non-hydrogen) atoms. The summed E-state index contributed by atoms with van der Waals surface area (Å²) < 4.78 is 32.1. The number of carbonyl (C=O) groups is 2. The highest BCUT2D eigenvalue weighted by Gasteiger charge is 2.32. The van der Waals surface area contributed by atoms with Crippen LogP contribution in [0.2, 0.25) is 0 Å². The molecule has 1 saturated carbocycles. The lowest BCUT2D eigenvalue weighted by Crippen LogP contribution is -2.48. The number of carboxylic acids is 1. The van der Waals surface area contributed by atoms with Gasteiger partial charge in [-0.1, -0.05) is 6.07 Å². The quantitative estimate of drug-likeness (QED) is 0.763. The summed E-state index contributed by atoms with van der Waals surface area (Å²) in [6.45, 7) is 0.415. The van der Waals surface area contributed by atoms with E-state index >= 15 is 0 Å². The van der Waals surface area contributed by atoms with Crippen LogP contribution in [0.25, 0.3) is 0 Å². The fraction of sp³-hybridized carbons (Fsp3) is 0.556. The number of halogens is 2. The van der Waals surface area contributed by atoms with Crippen molar-refractivity contribution < 1.29 is 28.2 Å². The van der Waals surface area contributed by atoms with E-state index in [1.54, 1.807) is 0 Å². The van der Waals surface area contributed by atoms with E-state index in [2.05, 4.69) is 10.6 Å². The lowest BCUT2D eigenvalue weighted by Gasteiger charge is -2.28. The second-order valence-corrected chi connectivity index (χ2v) is 6.86. The number of ether oxygens (including phenoxy) is 1. The van der Waals surface area contributed by atoms with Crippen molar-refractivity contribution in [2.75, 3.05) is 6.61 Å². The molecule has 2 amide bonds.